The maximum atomic E-state index is 12.5. The van der Waals surface area contributed by atoms with Crippen molar-refractivity contribution in [2.45, 2.75) is 58.2 Å². The lowest BCUT2D eigenvalue weighted by Gasteiger charge is -2.36. The van der Waals surface area contributed by atoms with Crippen LogP contribution >= 0.6 is 0 Å². The third-order valence-electron chi connectivity index (χ3n) is 5.42. The normalized spacial score (nSPS) is 16.6. The third kappa shape index (κ3) is 5.25. The summed E-state index contributed by atoms with van der Waals surface area (Å²) in [6, 6.07) is 5.86. The van der Waals surface area contributed by atoms with Gasteiger partial charge in [-0.15, -0.1) is 0 Å². The fraction of sp³-hybridized carbons (Fsp3) is 0.455. The van der Waals surface area contributed by atoms with Gasteiger partial charge in [-0.1, -0.05) is 0 Å². The van der Waals surface area contributed by atoms with Gasteiger partial charge in [-0.05, 0) is 38.3 Å². The quantitative estimate of drug-likeness (QED) is 0.617. The summed E-state index contributed by atoms with van der Waals surface area (Å²) in [5.41, 5.74) is 0.951. The molecule has 0 aliphatic carbocycles. The molecule has 1 aliphatic rings. The molecule has 0 saturated carbocycles. The number of nitrogens with zero attached hydrogens (tertiary/aromatic N) is 5. The average Bonchev–Trinajstić information content (AvgIpc) is 3.45. The number of aryl methyl sites for hydroxylation is 3. The standard InChI is InChI=1S/C22H28N6O2/c1-17-13-21(26-20(25-17)7-10-27-11-8-23-16-27)28-9-3-2-5-18(28)14-22(29)24-15-19-6-4-12-30-19/h4,6,8,11-13,16,18H,2-3,5,7,9-10,14-15H2,1H3,(H,24,29). The highest BCUT2D eigenvalue weighted by Crippen LogP contribution is 2.26. The number of carbonyl (C=O) groups is 1. The van der Waals surface area contributed by atoms with Gasteiger partial charge in [0, 0.05) is 56.1 Å². The second-order valence-electron chi connectivity index (χ2n) is 7.74. The summed E-state index contributed by atoms with van der Waals surface area (Å²) < 4.78 is 7.32. The summed E-state index contributed by atoms with van der Waals surface area (Å²) >= 11 is 0. The molecule has 1 unspecified atom stereocenters. The Kier molecular flexibility index (Phi) is 6.41. The second kappa shape index (κ2) is 9.56. The molecule has 8 heteroatoms. The van der Waals surface area contributed by atoms with E-state index in [4.69, 9.17) is 9.40 Å². The van der Waals surface area contributed by atoms with Gasteiger partial charge in [-0.2, -0.15) is 0 Å². The van der Waals surface area contributed by atoms with E-state index >= 15 is 0 Å². The Morgan fingerprint density at radius 2 is 2.27 bits per heavy atom. The second-order valence-corrected chi connectivity index (χ2v) is 7.74. The largest absolute Gasteiger partial charge is 0.467 e. The molecule has 0 spiro atoms. The number of carbonyl (C=O) groups excluding carboxylic acids is 1. The fourth-order valence-corrected chi connectivity index (χ4v) is 3.92. The van der Waals surface area contributed by atoms with Crippen molar-refractivity contribution < 1.29 is 9.21 Å². The number of nitrogens with one attached hydrogen (secondary N) is 1. The maximum Gasteiger partial charge on any atom is 0.222 e. The molecule has 158 valence electrons. The number of rotatable bonds is 8. The van der Waals surface area contributed by atoms with Crippen LogP contribution in [0.15, 0.2) is 47.6 Å². The summed E-state index contributed by atoms with van der Waals surface area (Å²) in [6.07, 6.45) is 11.6. The summed E-state index contributed by atoms with van der Waals surface area (Å²) in [6.45, 7) is 4.12. The van der Waals surface area contributed by atoms with Crippen LogP contribution in [0.1, 0.15) is 43.0 Å². The molecule has 0 aromatic carbocycles. The molecular formula is C22H28N6O2. The van der Waals surface area contributed by atoms with Crippen LogP contribution in [0.25, 0.3) is 0 Å². The lowest BCUT2D eigenvalue weighted by molar-refractivity contribution is -0.121. The molecule has 1 atom stereocenters. The molecule has 1 aliphatic heterocycles. The van der Waals surface area contributed by atoms with Crippen molar-refractivity contribution in [2.75, 3.05) is 11.4 Å². The topological polar surface area (TPSA) is 89.1 Å². The van der Waals surface area contributed by atoms with E-state index < -0.39 is 0 Å². The first-order valence-corrected chi connectivity index (χ1v) is 10.5. The van der Waals surface area contributed by atoms with Crippen molar-refractivity contribution in [3.8, 4) is 0 Å². The highest BCUT2D eigenvalue weighted by atomic mass is 16.3. The summed E-state index contributed by atoms with van der Waals surface area (Å²) in [4.78, 5) is 28.3. The molecule has 1 saturated heterocycles. The molecule has 8 nitrogen and oxygen atoms in total. The Hall–Kier alpha value is -3.16. The van der Waals surface area contributed by atoms with Crippen LogP contribution in [-0.4, -0.2) is 38.0 Å². The zero-order valence-electron chi connectivity index (χ0n) is 17.3. The first-order chi connectivity index (χ1) is 14.7. The molecule has 1 amide bonds. The zero-order chi connectivity index (χ0) is 20.8. The number of amides is 1. The smallest absolute Gasteiger partial charge is 0.222 e. The van der Waals surface area contributed by atoms with E-state index in [9.17, 15) is 4.79 Å². The maximum absolute atomic E-state index is 12.5. The highest BCUT2D eigenvalue weighted by molar-refractivity contribution is 5.77. The lowest BCUT2D eigenvalue weighted by atomic mass is 9.99. The van der Waals surface area contributed by atoms with Gasteiger partial charge in [0.2, 0.25) is 5.91 Å². The number of furan rings is 1. The predicted octanol–water partition coefficient (Wildman–Crippen LogP) is 2.88. The van der Waals surface area contributed by atoms with E-state index in [0.29, 0.717) is 13.0 Å². The number of piperidine rings is 1. The summed E-state index contributed by atoms with van der Waals surface area (Å²) in [5, 5.41) is 2.96. The van der Waals surface area contributed by atoms with Gasteiger partial charge in [0.15, 0.2) is 0 Å². The molecule has 30 heavy (non-hydrogen) atoms. The van der Waals surface area contributed by atoms with E-state index in [1.807, 2.05) is 35.9 Å². The van der Waals surface area contributed by atoms with E-state index in [-0.39, 0.29) is 11.9 Å². The molecule has 4 rings (SSSR count). The third-order valence-corrected chi connectivity index (χ3v) is 5.42. The fourth-order valence-electron chi connectivity index (χ4n) is 3.92. The van der Waals surface area contributed by atoms with Crippen molar-refractivity contribution in [3.05, 3.63) is 60.5 Å². The van der Waals surface area contributed by atoms with Crippen molar-refractivity contribution in [3.63, 3.8) is 0 Å². The summed E-state index contributed by atoms with van der Waals surface area (Å²) in [5.74, 6) is 2.55. The van der Waals surface area contributed by atoms with Crippen molar-refractivity contribution >= 4 is 11.7 Å². The number of aromatic nitrogens is 4. The Morgan fingerprint density at radius 3 is 3.07 bits per heavy atom. The van der Waals surface area contributed by atoms with Gasteiger partial charge < -0.3 is 19.2 Å². The first kappa shape index (κ1) is 20.1. The van der Waals surface area contributed by atoms with Gasteiger partial charge in [0.25, 0.3) is 0 Å². The Morgan fingerprint density at radius 1 is 1.33 bits per heavy atom. The van der Waals surface area contributed by atoms with Gasteiger partial charge >= 0.3 is 0 Å². The minimum Gasteiger partial charge on any atom is -0.467 e. The van der Waals surface area contributed by atoms with E-state index in [0.717, 1.165) is 61.9 Å². The Labute approximate surface area is 176 Å². The van der Waals surface area contributed by atoms with Gasteiger partial charge in [0.05, 0.1) is 19.1 Å². The number of imidazole rings is 1. The van der Waals surface area contributed by atoms with E-state index in [1.165, 1.54) is 0 Å². The Bertz CT molecular complexity index is 939. The molecule has 4 heterocycles. The van der Waals surface area contributed by atoms with Crippen LogP contribution < -0.4 is 10.2 Å². The monoisotopic (exact) mass is 408 g/mol. The van der Waals surface area contributed by atoms with Crippen LogP contribution in [-0.2, 0) is 24.3 Å². The number of anilines is 1. The minimum atomic E-state index is 0.0365. The molecule has 0 radical (unpaired) electrons. The molecule has 0 bridgehead atoms. The van der Waals surface area contributed by atoms with Gasteiger partial charge in [-0.3, -0.25) is 4.79 Å². The molecule has 1 fully saturated rings. The summed E-state index contributed by atoms with van der Waals surface area (Å²) in [7, 11) is 0. The van der Waals surface area contributed by atoms with Crippen molar-refractivity contribution in [2.24, 2.45) is 0 Å². The SMILES string of the molecule is Cc1cc(N2CCCCC2CC(=O)NCc2ccco2)nc(CCn2ccnc2)n1. The van der Waals surface area contributed by atoms with E-state index in [1.54, 1.807) is 18.8 Å². The zero-order valence-corrected chi connectivity index (χ0v) is 17.3. The van der Waals surface area contributed by atoms with Gasteiger partial charge in [-0.25, -0.2) is 15.0 Å². The van der Waals surface area contributed by atoms with Crippen LogP contribution in [0.5, 0.6) is 0 Å². The molecule has 3 aromatic heterocycles. The van der Waals surface area contributed by atoms with Crippen molar-refractivity contribution in [1.82, 2.24) is 24.8 Å². The number of hydrogen-bond donors (Lipinski definition) is 1. The van der Waals surface area contributed by atoms with Crippen LogP contribution in [0.4, 0.5) is 5.82 Å². The van der Waals surface area contributed by atoms with Gasteiger partial charge in [0.1, 0.15) is 17.4 Å². The Balaban J connectivity index is 1.41. The minimum absolute atomic E-state index is 0.0365. The molecular weight excluding hydrogens is 380 g/mol. The average molecular weight is 409 g/mol. The van der Waals surface area contributed by atoms with Crippen LogP contribution in [0, 0.1) is 6.92 Å². The highest BCUT2D eigenvalue weighted by Gasteiger charge is 2.26. The van der Waals surface area contributed by atoms with Crippen LogP contribution in [0.2, 0.25) is 0 Å². The number of hydrogen-bond acceptors (Lipinski definition) is 6. The van der Waals surface area contributed by atoms with Crippen LogP contribution in [0.3, 0.4) is 0 Å². The van der Waals surface area contributed by atoms with Crippen molar-refractivity contribution in [1.29, 1.82) is 0 Å². The van der Waals surface area contributed by atoms with E-state index in [2.05, 4.69) is 20.2 Å². The lowest BCUT2D eigenvalue weighted by Crippen LogP contribution is -2.43. The first-order valence-electron chi connectivity index (χ1n) is 10.5. The molecule has 3 aromatic rings. The predicted molar refractivity (Wildman–Crippen MR) is 113 cm³/mol. The molecule has 1 N–H and O–H groups in total.